The van der Waals surface area contributed by atoms with Gasteiger partial charge in [0, 0.05) is 18.9 Å². The normalized spacial score (nSPS) is 11.9. The molecule has 0 unspecified atom stereocenters. The predicted molar refractivity (Wildman–Crippen MR) is 128 cm³/mol. The second-order valence-corrected chi connectivity index (χ2v) is 9.02. The van der Waals surface area contributed by atoms with E-state index in [9.17, 15) is 9.59 Å². The lowest BCUT2D eigenvalue weighted by molar-refractivity contribution is 0.00693. The standard InChI is InChI=1S/C27H30N2O4/c1-27(2,3)33-26(32)24-13-7-20(8-14-24)5-4-6-22(18-29-16-15-28-19-29)17-21-9-11-23(12-10-21)25(30)31/h7-17,19H,4-6,18H2,1-3H3,(H,30,31)/b22-17-. The highest BCUT2D eigenvalue weighted by atomic mass is 16.6. The number of aromatic carboxylic acids is 1. The highest BCUT2D eigenvalue weighted by molar-refractivity contribution is 5.89. The first-order valence-electron chi connectivity index (χ1n) is 11.0. The predicted octanol–water partition coefficient (Wildman–Crippen LogP) is 5.64. The van der Waals surface area contributed by atoms with Crippen LogP contribution in [0.15, 0.2) is 72.8 Å². The van der Waals surface area contributed by atoms with Gasteiger partial charge in [0.15, 0.2) is 0 Å². The Morgan fingerprint density at radius 1 is 1.03 bits per heavy atom. The van der Waals surface area contributed by atoms with Crippen LogP contribution in [0.2, 0.25) is 0 Å². The number of nitrogens with zero attached hydrogens (tertiary/aromatic N) is 2. The molecule has 2 aromatic carbocycles. The van der Waals surface area contributed by atoms with Gasteiger partial charge in [-0.25, -0.2) is 14.6 Å². The minimum absolute atomic E-state index is 0.276. The number of carbonyl (C=O) groups excluding carboxylic acids is 1. The van der Waals surface area contributed by atoms with Crippen LogP contribution in [0.4, 0.5) is 0 Å². The maximum absolute atomic E-state index is 12.2. The molecule has 0 atom stereocenters. The number of ether oxygens (including phenoxy) is 1. The van der Waals surface area contributed by atoms with Crippen molar-refractivity contribution in [1.29, 1.82) is 0 Å². The molecule has 0 spiro atoms. The van der Waals surface area contributed by atoms with E-state index in [2.05, 4.69) is 11.1 Å². The molecule has 0 aliphatic carbocycles. The van der Waals surface area contributed by atoms with Gasteiger partial charge >= 0.3 is 11.9 Å². The molecule has 6 nitrogen and oxygen atoms in total. The van der Waals surface area contributed by atoms with Crippen LogP contribution in [0.5, 0.6) is 0 Å². The Kier molecular flexibility index (Phi) is 7.83. The first-order valence-corrected chi connectivity index (χ1v) is 11.0. The SMILES string of the molecule is CC(C)(C)OC(=O)c1ccc(CCC/C(=C/c2ccc(C(=O)O)cc2)Cn2ccnc2)cc1. The lowest BCUT2D eigenvalue weighted by Gasteiger charge is -2.19. The lowest BCUT2D eigenvalue weighted by Crippen LogP contribution is -2.23. The van der Waals surface area contributed by atoms with Gasteiger partial charge in [-0.05, 0) is 81.0 Å². The minimum atomic E-state index is -0.929. The fourth-order valence-corrected chi connectivity index (χ4v) is 3.43. The number of carbonyl (C=O) groups is 2. The van der Waals surface area contributed by atoms with Gasteiger partial charge in [-0.1, -0.05) is 30.3 Å². The van der Waals surface area contributed by atoms with Gasteiger partial charge in [-0.3, -0.25) is 0 Å². The highest BCUT2D eigenvalue weighted by Crippen LogP contribution is 2.18. The second-order valence-electron chi connectivity index (χ2n) is 9.02. The Bertz CT molecular complexity index is 1090. The molecule has 1 aromatic heterocycles. The van der Waals surface area contributed by atoms with E-state index in [1.54, 1.807) is 24.7 Å². The topological polar surface area (TPSA) is 81.4 Å². The molecular weight excluding hydrogens is 416 g/mol. The van der Waals surface area contributed by atoms with E-state index in [1.165, 1.54) is 5.57 Å². The van der Waals surface area contributed by atoms with Crippen LogP contribution in [0.25, 0.3) is 6.08 Å². The number of aromatic nitrogens is 2. The highest BCUT2D eigenvalue weighted by Gasteiger charge is 2.17. The van der Waals surface area contributed by atoms with E-state index < -0.39 is 11.6 Å². The summed E-state index contributed by atoms with van der Waals surface area (Å²) < 4.78 is 7.44. The molecule has 172 valence electrons. The van der Waals surface area contributed by atoms with Crippen LogP contribution < -0.4 is 0 Å². The van der Waals surface area contributed by atoms with Crippen LogP contribution in [0.1, 0.15) is 65.5 Å². The van der Waals surface area contributed by atoms with Gasteiger partial charge in [0.1, 0.15) is 5.60 Å². The Labute approximate surface area is 194 Å². The molecule has 1 N–H and O–H groups in total. The van der Waals surface area contributed by atoms with E-state index in [0.29, 0.717) is 5.56 Å². The number of hydrogen-bond donors (Lipinski definition) is 1. The fraction of sp³-hybridized carbons (Fsp3) is 0.296. The third-order valence-electron chi connectivity index (χ3n) is 5.03. The van der Waals surface area contributed by atoms with E-state index in [4.69, 9.17) is 9.84 Å². The maximum Gasteiger partial charge on any atom is 0.338 e. The van der Waals surface area contributed by atoms with Crippen LogP contribution in [0.3, 0.4) is 0 Å². The fourth-order valence-electron chi connectivity index (χ4n) is 3.43. The van der Waals surface area contributed by atoms with E-state index in [-0.39, 0.29) is 11.5 Å². The zero-order valence-corrected chi connectivity index (χ0v) is 19.3. The smallest absolute Gasteiger partial charge is 0.338 e. The molecule has 33 heavy (non-hydrogen) atoms. The molecule has 0 saturated carbocycles. The summed E-state index contributed by atoms with van der Waals surface area (Å²) >= 11 is 0. The Hall–Kier alpha value is -3.67. The van der Waals surface area contributed by atoms with Gasteiger partial charge in [0.2, 0.25) is 0 Å². The molecule has 0 radical (unpaired) electrons. The summed E-state index contributed by atoms with van der Waals surface area (Å²) in [5.74, 6) is -1.24. The van der Waals surface area contributed by atoms with E-state index in [1.807, 2.05) is 67.9 Å². The number of carboxylic acids is 1. The Morgan fingerprint density at radius 3 is 2.27 bits per heavy atom. The minimum Gasteiger partial charge on any atom is -0.478 e. The van der Waals surface area contributed by atoms with Gasteiger partial charge in [-0.15, -0.1) is 0 Å². The molecule has 0 aliphatic heterocycles. The van der Waals surface area contributed by atoms with Crippen molar-refractivity contribution < 1.29 is 19.4 Å². The summed E-state index contributed by atoms with van der Waals surface area (Å²) in [6, 6.07) is 14.5. The number of hydrogen-bond acceptors (Lipinski definition) is 4. The van der Waals surface area contributed by atoms with Crippen molar-refractivity contribution in [3.63, 3.8) is 0 Å². The number of esters is 1. The number of benzene rings is 2. The zero-order valence-electron chi connectivity index (χ0n) is 19.3. The van der Waals surface area contributed by atoms with Crippen molar-refractivity contribution in [2.45, 2.75) is 52.2 Å². The average molecular weight is 447 g/mol. The van der Waals surface area contributed by atoms with Crippen molar-refractivity contribution >= 4 is 18.0 Å². The van der Waals surface area contributed by atoms with Gasteiger partial charge in [-0.2, -0.15) is 0 Å². The van der Waals surface area contributed by atoms with Crippen LogP contribution >= 0.6 is 0 Å². The molecule has 0 amide bonds. The summed E-state index contributed by atoms with van der Waals surface area (Å²) in [5, 5.41) is 9.10. The summed E-state index contributed by atoms with van der Waals surface area (Å²) in [6.45, 7) is 6.29. The van der Waals surface area contributed by atoms with E-state index in [0.717, 1.165) is 36.9 Å². The molecule has 0 fully saturated rings. The second kappa shape index (κ2) is 10.8. The number of allylic oxidation sites excluding steroid dienone is 1. The number of carboxylic acid groups (broad SMARTS) is 1. The van der Waals surface area contributed by atoms with Crippen molar-refractivity contribution in [3.8, 4) is 0 Å². The summed E-state index contributed by atoms with van der Waals surface area (Å²) in [6.07, 6.45) is 10.3. The van der Waals surface area contributed by atoms with Crippen LogP contribution in [0, 0.1) is 0 Å². The van der Waals surface area contributed by atoms with Crippen LogP contribution in [-0.2, 0) is 17.7 Å². The molecule has 3 aromatic rings. The quantitative estimate of drug-likeness (QED) is 0.430. The zero-order chi connectivity index (χ0) is 23.8. The van der Waals surface area contributed by atoms with Crippen molar-refractivity contribution in [2.24, 2.45) is 0 Å². The molecule has 0 saturated heterocycles. The molecule has 0 aliphatic rings. The molecule has 6 heteroatoms. The molecule has 0 bridgehead atoms. The van der Waals surface area contributed by atoms with Gasteiger partial charge in [0.25, 0.3) is 0 Å². The van der Waals surface area contributed by atoms with E-state index >= 15 is 0 Å². The monoisotopic (exact) mass is 446 g/mol. The van der Waals surface area contributed by atoms with Crippen LogP contribution in [-0.4, -0.2) is 32.2 Å². The summed E-state index contributed by atoms with van der Waals surface area (Å²) in [5.41, 5.74) is 3.67. The first-order chi connectivity index (χ1) is 15.7. The van der Waals surface area contributed by atoms with Gasteiger partial charge in [0.05, 0.1) is 17.5 Å². The molecule has 3 rings (SSSR count). The van der Waals surface area contributed by atoms with Crippen molar-refractivity contribution in [1.82, 2.24) is 9.55 Å². The van der Waals surface area contributed by atoms with Crippen molar-refractivity contribution in [2.75, 3.05) is 0 Å². The number of imidazole rings is 1. The lowest BCUT2D eigenvalue weighted by atomic mass is 10.0. The number of aryl methyl sites for hydroxylation is 1. The Balaban J connectivity index is 1.63. The van der Waals surface area contributed by atoms with Crippen molar-refractivity contribution in [3.05, 3.63) is 95.1 Å². The molecule has 1 heterocycles. The largest absolute Gasteiger partial charge is 0.478 e. The Morgan fingerprint density at radius 2 is 1.70 bits per heavy atom. The summed E-state index contributed by atoms with van der Waals surface area (Å²) in [4.78, 5) is 27.4. The average Bonchev–Trinajstić information content (AvgIpc) is 3.26. The maximum atomic E-state index is 12.2. The molecular formula is C27H30N2O4. The summed E-state index contributed by atoms with van der Waals surface area (Å²) in [7, 11) is 0. The third kappa shape index (κ3) is 7.75. The third-order valence-corrected chi connectivity index (χ3v) is 5.03. The first kappa shape index (κ1) is 24.0. The van der Waals surface area contributed by atoms with Gasteiger partial charge < -0.3 is 14.4 Å². The number of rotatable bonds is 9.